The summed E-state index contributed by atoms with van der Waals surface area (Å²) in [5.41, 5.74) is 0. The third-order valence-electron chi connectivity index (χ3n) is 1.83. The molecule has 0 heterocycles. The van der Waals surface area contributed by atoms with Crippen LogP contribution in [0.2, 0.25) is 0 Å². The minimum absolute atomic E-state index is 0.295. The van der Waals surface area contributed by atoms with E-state index in [1.807, 2.05) is 6.92 Å². The van der Waals surface area contributed by atoms with Gasteiger partial charge >= 0.3 is 0 Å². The van der Waals surface area contributed by atoms with E-state index in [1.165, 1.54) is 19.3 Å². The third kappa shape index (κ3) is 6.09. The van der Waals surface area contributed by atoms with Crippen LogP contribution in [-0.4, -0.2) is 6.10 Å². The number of unbranched alkanes of at least 4 members (excludes halogenated alkanes) is 3. The molecule has 0 amide bonds. The van der Waals surface area contributed by atoms with Crippen molar-refractivity contribution in [3.8, 4) is 0 Å². The quantitative estimate of drug-likeness (QED) is 0.522. The van der Waals surface area contributed by atoms with Gasteiger partial charge in [-0.3, -0.25) is 0 Å². The van der Waals surface area contributed by atoms with Gasteiger partial charge in [0.1, 0.15) is 0 Å². The molecule has 0 aromatic heterocycles. The van der Waals surface area contributed by atoms with Crippen LogP contribution < -0.4 is 5.11 Å². The molecule has 0 bridgehead atoms. The summed E-state index contributed by atoms with van der Waals surface area (Å²) in [5.74, 6) is 0. The summed E-state index contributed by atoms with van der Waals surface area (Å²) < 4.78 is 0. The molecule has 1 heteroatoms. The normalized spacial score (nSPS) is 13.5. The fourth-order valence-electron chi connectivity index (χ4n) is 1.00. The highest BCUT2D eigenvalue weighted by molar-refractivity contribution is 4.50. The van der Waals surface area contributed by atoms with E-state index in [2.05, 4.69) is 6.92 Å². The van der Waals surface area contributed by atoms with Crippen molar-refractivity contribution in [1.82, 2.24) is 0 Å². The molecule has 0 aromatic rings. The van der Waals surface area contributed by atoms with Crippen molar-refractivity contribution >= 4 is 0 Å². The number of rotatable bonds is 6. The molecule has 0 saturated carbocycles. The predicted molar refractivity (Wildman–Crippen MR) is 42.8 cm³/mol. The molecule has 0 aliphatic heterocycles. The lowest BCUT2D eigenvalue weighted by molar-refractivity contribution is -0.421. The Bertz CT molecular complexity index is 61.7. The largest absolute Gasteiger partial charge is 0.852 e. The van der Waals surface area contributed by atoms with Gasteiger partial charge in [-0.15, -0.1) is 6.10 Å². The molecule has 62 valence electrons. The molecule has 0 spiro atoms. The highest BCUT2D eigenvalue weighted by Gasteiger charge is 1.90. The molecule has 1 unspecified atom stereocenters. The van der Waals surface area contributed by atoms with Crippen molar-refractivity contribution in [2.45, 2.75) is 58.5 Å². The fraction of sp³-hybridized carbons (Fsp3) is 1.00. The molecule has 0 radical (unpaired) electrons. The van der Waals surface area contributed by atoms with Gasteiger partial charge in [-0.1, -0.05) is 52.4 Å². The van der Waals surface area contributed by atoms with Gasteiger partial charge in [-0.25, -0.2) is 0 Å². The summed E-state index contributed by atoms with van der Waals surface area (Å²) in [5, 5.41) is 10.9. The van der Waals surface area contributed by atoms with E-state index in [0.717, 1.165) is 19.3 Å². The average molecular weight is 143 g/mol. The van der Waals surface area contributed by atoms with Gasteiger partial charge in [0.2, 0.25) is 0 Å². The van der Waals surface area contributed by atoms with Crippen molar-refractivity contribution in [2.75, 3.05) is 0 Å². The average Bonchev–Trinajstić information content (AvgIpc) is 1.98. The van der Waals surface area contributed by atoms with Crippen LogP contribution >= 0.6 is 0 Å². The molecular formula is C9H19O-. The second kappa shape index (κ2) is 7.07. The Morgan fingerprint density at radius 3 is 2.30 bits per heavy atom. The van der Waals surface area contributed by atoms with Gasteiger partial charge in [-0.05, 0) is 0 Å². The summed E-state index contributed by atoms with van der Waals surface area (Å²) >= 11 is 0. The van der Waals surface area contributed by atoms with Gasteiger partial charge in [0.05, 0.1) is 0 Å². The van der Waals surface area contributed by atoms with E-state index in [4.69, 9.17) is 0 Å². The molecule has 10 heavy (non-hydrogen) atoms. The maximum atomic E-state index is 10.9. The Morgan fingerprint density at radius 2 is 1.80 bits per heavy atom. The SMILES string of the molecule is CCCCCCC([O-])CC. The summed E-state index contributed by atoms with van der Waals surface area (Å²) in [7, 11) is 0. The lowest BCUT2D eigenvalue weighted by Crippen LogP contribution is -2.23. The summed E-state index contributed by atoms with van der Waals surface area (Å²) in [6.07, 6.45) is 6.32. The van der Waals surface area contributed by atoms with Crippen LogP contribution in [0.15, 0.2) is 0 Å². The first-order valence-corrected chi connectivity index (χ1v) is 4.47. The monoisotopic (exact) mass is 143 g/mol. The molecule has 0 aliphatic carbocycles. The van der Waals surface area contributed by atoms with E-state index in [0.29, 0.717) is 0 Å². The minimum Gasteiger partial charge on any atom is -0.852 e. The molecular weight excluding hydrogens is 124 g/mol. The van der Waals surface area contributed by atoms with Crippen LogP contribution in [-0.2, 0) is 0 Å². The lowest BCUT2D eigenvalue weighted by Gasteiger charge is -2.18. The summed E-state index contributed by atoms with van der Waals surface area (Å²) in [4.78, 5) is 0. The molecule has 0 aliphatic rings. The summed E-state index contributed by atoms with van der Waals surface area (Å²) in [6.45, 7) is 4.16. The predicted octanol–water partition coefficient (Wildman–Crippen LogP) is 2.10. The zero-order chi connectivity index (χ0) is 7.82. The zero-order valence-electron chi connectivity index (χ0n) is 7.23. The minimum atomic E-state index is -0.295. The summed E-state index contributed by atoms with van der Waals surface area (Å²) in [6, 6.07) is 0. The van der Waals surface area contributed by atoms with Crippen molar-refractivity contribution in [3.05, 3.63) is 0 Å². The van der Waals surface area contributed by atoms with Gasteiger partial charge < -0.3 is 5.11 Å². The Hall–Kier alpha value is -0.0400. The number of hydrogen-bond acceptors (Lipinski definition) is 1. The van der Waals surface area contributed by atoms with Crippen LogP contribution in [0.3, 0.4) is 0 Å². The molecule has 0 aromatic carbocycles. The Morgan fingerprint density at radius 1 is 1.10 bits per heavy atom. The maximum Gasteiger partial charge on any atom is -0.0534 e. The van der Waals surface area contributed by atoms with E-state index in [9.17, 15) is 5.11 Å². The van der Waals surface area contributed by atoms with Crippen LogP contribution in [0, 0.1) is 0 Å². The first-order valence-electron chi connectivity index (χ1n) is 4.47. The highest BCUT2D eigenvalue weighted by Crippen LogP contribution is 2.05. The van der Waals surface area contributed by atoms with Crippen molar-refractivity contribution in [2.24, 2.45) is 0 Å². The fourth-order valence-corrected chi connectivity index (χ4v) is 1.00. The van der Waals surface area contributed by atoms with E-state index >= 15 is 0 Å². The Labute approximate surface area is 64.5 Å². The first-order chi connectivity index (χ1) is 4.81. The standard InChI is InChI=1S/C9H19O/c1-3-5-6-7-8-9(10)4-2/h9H,3-8H2,1-2H3/q-1. The van der Waals surface area contributed by atoms with Gasteiger partial charge in [0, 0.05) is 0 Å². The van der Waals surface area contributed by atoms with Crippen LogP contribution in [0.5, 0.6) is 0 Å². The molecule has 1 atom stereocenters. The van der Waals surface area contributed by atoms with Gasteiger partial charge in [0.15, 0.2) is 0 Å². The topological polar surface area (TPSA) is 23.1 Å². The van der Waals surface area contributed by atoms with Gasteiger partial charge in [-0.2, -0.15) is 0 Å². The van der Waals surface area contributed by atoms with Crippen LogP contribution in [0.25, 0.3) is 0 Å². The van der Waals surface area contributed by atoms with Crippen molar-refractivity contribution in [1.29, 1.82) is 0 Å². The van der Waals surface area contributed by atoms with E-state index in [1.54, 1.807) is 0 Å². The Balaban J connectivity index is 2.89. The number of hydrogen-bond donors (Lipinski definition) is 0. The van der Waals surface area contributed by atoms with Crippen molar-refractivity contribution in [3.63, 3.8) is 0 Å². The zero-order valence-corrected chi connectivity index (χ0v) is 7.23. The maximum absolute atomic E-state index is 10.9. The third-order valence-corrected chi connectivity index (χ3v) is 1.83. The molecule has 0 fully saturated rings. The Kier molecular flexibility index (Phi) is 7.04. The molecule has 0 N–H and O–H groups in total. The van der Waals surface area contributed by atoms with Crippen LogP contribution in [0.1, 0.15) is 52.4 Å². The van der Waals surface area contributed by atoms with E-state index in [-0.39, 0.29) is 6.10 Å². The van der Waals surface area contributed by atoms with Crippen molar-refractivity contribution < 1.29 is 5.11 Å². The van der Waals surface area contributed by atoms with Gasteiger partial charge in [0.25, 0.3) is 0 Å². The molecule has 0 rings (SSSR count). The second-order valence-corrected chi connectivity index (χ2v) is 2.88. The highest BCUT2D eigenvalue weighted by atomic mass is 16.3. The second-order valence-electron chi connectivity index (χ2n) is 2.88. The molecule has 1 nitrogen and oxygen atoms in total. The lowest BCUT2D eigenvalue weighted by atomic mass is 10.1. The first kappa shape index (κ1) is 9.96. The van der Waals surface area contributed by atoms with E-state index < -0.39 is 0 Å². The molecule has 0 saturated heterocycles. The van der Waals surface area contributed by atoms with Crippen LogP contribution in [0.4, 0.5) is 0 Å². The smallest absolute Gasteiger partial charge is 0.0534 e.